The third-order valence-electron chi connectivity index (χ3n) is 4.48. The highest BCUT2D eigenvalue weighted by molar-refractivity contribution is 9.10. The van der Waals surface area contributed by atoms with Gasteiger partial charge in [-0.3, -0.25) is 4.79 Å². The van der Waals surface area contributed by atoms with Crippen LogP contribution >= 0.6 is 27.5 Å². The third-order valence-corrected chi connectivity index (χ3v) is 5.39. The summed E-state index contributed by atoms with van der Waals surface area (Å²) in [4.78, 5) is 17.4. The summed E-state index contributed by atoms with van der Waals surface area (Å²) in [6.45, 7) is 3.73. The quantitative estimate of drug-likeness (QED) is 0.403. The first-order chi connectivity index (χ1) is 13.4. The summed E-state index contributed by atoms with van der Waals surface area (Å²) in [6.07, 6.45) is 3.60. The number of aryl methyl sites for hydroxylation is 2. The van der Waals surface area contributed by atoms with Crippen LogP contribution in [0.25, 0.3) is 16.6 Å². The minimum absolute atomic E-state index is 0.208. The van der Waals surface area contributed by atoms with Gasteiger partial charge in [-0.25, -0.2) is 4.98 Å². The van der Waals surface area contributed by atoms with Gasteiger partial charge in [-0.15, -0.1) is 0 Å². The van der Waals surface area contributed by atoms with E-state index in [2.05, 4.69) is 26.0 Å². The van der Waals surface area contributed by atoms with E-state index in [4.69, 9.17) is 11.6 Å². The SMILES string of the molecule is Cc1cc(-n2cccc2C=Nn2c(C)nc3ccc(Br)cc3c2=O)ccc1Cl. The van der Waals surface area contributed by atoms with Crippen molar-refractivity contribution in [3.05, 3.63) is 91.7 Å². The lowest BCUT2D eigenvalue weighted by molar-refractivity contribution is 0.769. The number of hydrogen-bond acceptors (Lipinski definition) is 3. The van der Waals surface area contributed by atoms with Gasteiger partial charge in [0.1, 0.15) is 5.82 Å². The molecule has 2 aromatic heterocycles. The Balaban J connectivity index is 1.78. The van der Waals surface area contributed by atoms with Crippen molar-refractivity contribution in [2.75, 3.05) is 0 Å². The second-order valence-electron chi connectivity index (χ2n) is 6.42. The van der Waals surface area contributed by atoms with Gasteiger partial charge in [0.05, 0.1) is 22.8 Å². The van der Waals surface area contributed by atoms with Crippen molar-refractivity contribution in [2.24, 2.45) is 5.10 Å². The van der Waals surface area contributed by atoms with Gasteiger partial charge < -0.3 is 4.57 Å². The minimum atomic E-state index is -0.208. The lowest BCUT2D eigenvalue weighted by Gasteiger charge is -2.09. The molecule has 0 aliphatic heterocycles. The van der Waals surface area contributed by atoms with Gasteiger partial charge in [0.2, 0.25) is 0 Å². The Morgan fingerprint density at radius 2 is 1.96 bits per heavy atom. The van der Waals surface area contributed by atoms with E-state index >= 15 is 0 Å². The maximum atomic E-state index is 12.9. The second kappa shape index (κ2) is 7.37. The minimum Gasteiger partial charge on any atom is -0.316 e. The van der Waals surface area contributed by atoms with E-state index in [0.717, 1.165) is 26.4 Å². The molecule has 0 N–H and O–H groups in total. The van der Waals surface area contributed by atoms with Crippen molar-refractivity contribution in [3.8, 4) is 5.69 Å². The standard InChI is InChI=1S/C21H16BrClN4O/c1-13-10-16(6-7-19(13)23)26-9-3-4-17(26)12-24-27-14(2)25-20-8-5-15(22)11-18(20)21(27)28/h3-12H,1-2H3. The molecule has 2 aromatic carbocycles. The lowest BCUT2D eigenvalue weighted by atomic mass is 10.2. The summed E-state index contributed by atoms with van der Waals surface area (Å²) in [7, 11) is 0. The smallest absolute Gasteiger partial charge is 0.282 e. The van der Waals surface area contributed by atoms with Crippen LogP contribution in [0.1, 0.15) is 17.1 Å². The zero-order valence-corrected chi connectivity index (χ0v) is 17.6. The van der Waals surface area contributed by atoms with Crippen molar-refractivity contribution in [3.63, 3.8) is 0 Å². The van der Waals surface area contributed by atoms with Gasteiger partial charge in [0, 0.05) is 21.4 Å². The van der Waals surface area contributed by atoms with Gasteiger partial charge in [-0.05, 0) is 67.9 Å². The largest absolute Gasteiger partial charge is 0.316 e. The fourth-order valence-electron chi connectivity index (χ4n) is 3.03. The zero-order chi connectivity index (χ0) is 19.8. The summed E-state index contributed by atoms with van der Waals surface area (Å²) in [5, 5.41) is 5.65. The lowest BCUT2D eigenvalue weighted by Crippen LogP contribution is -2.20. The number of aromatic nitrogens is 3. The normalized spacial score (nSPS) is 11.6. The first-order valence-electron chi connectivity index (χ1n) is 8.61. The average molecular weight is 456 g/mol. The van der Waals surface area contributed by atoms with Crippen molar-refractivity contribution >= 4 is 44.6 Å². The van der Waals surface area contributed by atoms with Crippen molar-refractivity contribution in [1.82, 2.24) is 14.2 Å². The Bertz CT molecular complexity index is 1290. The Labute approximate surface area is 175 Å². The highest BCUT2D eigenvalue weighted by Crippen LogP contribution is 2.20. The summed E-state index contributed by atoms with van der Waals surface area (Å²) < 4.78 is 4.13. The Morgan fingerprint density at radius 3 is 2.75 bits per heavy atom. The first kappa shape index (κ1) is 18.7. The van der Waals surface area contributed by atoms with Crippen LogP contribution < -0.4 is 5.56 Å². The van der Waals surface area contributed by atoms with E-state index in [9.17, 15) is 4.79 Å². The molecule has 0 saturated heterocycles. The molecule has 0 fully saturated rings. The molecule has 0 spiro atoms. The van der Waals surface area contributed by atoms with Crippen molar-refractivity contribution in [2.45, 2.75) is 13.8 Å². The van der Waals surface area contributed by atoms with Crippen LogP contribution in [0, 0.1) is 13.8 Å². The van der Waals surface area contributed by atoms with Gasteiger partial charge in [-0.1, -0.05) is 27.5 Å². The molecule has 0 unspecified atom stereocenters. The van der Waals surface area contributed by atoms with Crippen LogP contribution in [-0.4, -0.2) is 20.4 Å². The van der Waals surface area contributed by atoms with E-state index in [0.29, 0.717) is 16.7 Å². The van der Waals surface area contributed by atoms with Crippen LogP contribution in [0.2, 0.25) is 5.02 Å². The molecule has 0 saturated carbocycles. The maximum Gasteiger partial charge on any atom is 0.282 e. The first-order valence-corrected chi connectivity index (χ1v) is 9.78. The van der Waals surface area contributed by atoms with Crippen molar-refractivity contribution < 1.29 is 0 Å². The molecule has 0 radical (unpaired) electrons. The van der Waals surface area contributed by atoms with Crippen LogP contribution in [-0.2, 0) is 0 Å². The molecule has 0 aliphatic rings. The van der Waals surface area contributed by atoms with Gasteiger partial charge in [0.25, 0.3) is 5.56 Å². The molecule has 4 rings (SSSR count). The number of halogens is 2. The molecular formula is C21H16BrClN4O. The predicted octanol–water partition coefficient (Wildman–Crippen LogP) is 5.10. The van der Waals surface area contributed by atoms with Gasteiger partial charge in [-0.2, -0.15) is 9.78 Å². The molecule has 4 aromatic rings. The van der Waals surface area contributed by atoms with E-state index in [-0.39, 0.29) is 5.56 Å². The van der Waals surface area contributed by atoms with Crippen molar-refractivity contribution in [1.29, 1.82) is 0 Å². The Kier molecular flexibility index (Phi) is 4.91. The molecule has 7 heteroatoms. The van der Waals surface area contributed by atoms with E-state index in [1.807, 2.05) is 60.2 Å². The molecule has 0 atom stereocenters. The second-order valence-corrected chi connectivity index (χ2v) is 7.74. The Morgan fingerprint density at radius 1 is 1.14 bits per heavy atom. The van der Waals surface area contributed by atoms with E-state index < -0.39 is 0 Å². The van der Waals surface area contributed by atoms with Crippen LogP contribution in [0.15, 0.2) is 69.1 Å². The molecule has 2 heterocycles. The fraction of sp³-hybridized carbons (Fsp3) is 0.0952. The third kappa shape index (κ3) is 3.41. The molecule has 0 bridgehead atoms. The fourth-order valence-corrected chi connectivity index (χ4v) is 3.50. The average Bonchev–Trinajstić information content (AvgIpc) is 3.13. The molecule has 28 heavy (non-hydrogen) atoms. The summed E-state index contributed by atoms with van der Waals surface area (Å²) in [5.41, 5.74) is 3.24. The predicted molar refractivity (Wildman–Crippen MR) is 117 cm³/mol. The molecule has 5 nitrogen and oxygen atoms in total. The van der Waals surface area contributed by atoms with Crippen LogP contribution in [0.3, 0.4) is 0 Å². The van der Waals surface area contributed by atoms with Gasteiger partial charge >= 0.3 is 0 Å². The van der Waals surface area contributed by atoms with E-state index in [1.54, 1.807) is 19.2 Å². The van der Waals surface area contributed by atoms with Crippen LogP contribution in [0.5, 0.6) is 0 Å². The number of nitrogens with zero attached hydrogens (tertiary/aromatic N) is 4. The Hall–Kier alpha value is -2.70. The number of hydrogen-bond donors (Lipinski definition) is 0. The number of benzene rings is 2. The summed E-state index contributed by atoms with van der Waals surface area (Å²) >= 11 is 9.53. The van der Waals surface area contributed by atoms with Gasteiger partial charge in [0.15, 0.2) is 0 Å². The topological polar surface area (TPSA) is 52.2 Å². The highest BCUT2D eigenvalue weighted by Gasteiger charge is 2.09. The zero-order valence-electron chi connectivity index (χ0n) is 15.2. The molecular weight excluding hydrogens is 440 g/mol. The number of rotatable bonds is 3. The maximum absolute atomic E-state index is 12.9. The van der Waals surface area contributed by atoms with E-state index in [1.165, 1.54) is 4.68 Å². The molecule has 0 aliphatic carbocycles. The summed E-state index contributed by atoms with van der Waals surface area (Å²) in [5.74, 6) is 0.525. The number of fused-ring (bicyclic) bond motifs is 1. The molecule has 140 valence electrons. The van der Waals surface area contributed by atoms with Crippen LogP contribution in [0.4, 0.5) is 0 Å². The highest BCUT2D eigenvalue weighted by atomic mass is 79.9. The monoisotopic (exact) mass is 454 g/mol. The summed E-state index contributed by atoms with van der Waals surface area (Å²) in [6, 6.07) is 15.1. The molecule has 0 amide bonds.